The van der Waals surface area contributed by atoms with Gasteiger partial charge in [0.1, 0.15) is 0 Å². The van der Waals surface area contributed by atoms with Crippen LogP contribution in [0.2, 0.25) is 0 Å². The van der Waals surface area contributed by atoms with Gasteiger partial charge in [0.15, 0.2) is 0 Å². The maximum atomic E-state index is 11.9. The highest BCUT2D eigenvalue weighted by atomic mass is 32.2. The molecule has 0 saturated heterocycles. The van der Waals surface area contributed by atoms with Gasteiger partial charge in [0.2, 0.25) is 20.0 Å². The zero-order valence-electron chi connectivity index (χ0n) is 9.56. The van der Waals surface area contributed by atoms with E-state index in [0.29, 0.717) is 7.94 Å². The summed E-state index contributed by atoms with van der Waals surface area (Å²) in [6.07, 6.45) is 1.68. The number of rotatable bonds is 2. The molecule has 18 heavy (non-hydrogen) atoms. The molecule has 0 radical (unpaired) electrons. The van der Waals surface area contributed by atoms with Crippen molar-refractivity contribution in [3.63, 3.8) is 0 Å². The second kappa shape index (κ2) is 3.69. The molecule has 0 aliphatic rings. The van der Waals surface area contributed by atoms with E-state index >= 15 is 0 Å². The Kier molecular flexibility index (Phi) is 2.63. The zero-order valence-corrected chi connectivity index (χ0v) is 11.2. The van der Waals surface area contributed by atoms with E-state index in [1.165, 1.54) is 24.3 Å². The summed E-state index contributed by atoms with van der Waals surface area (Å²) in [5.41, 5.74) is -1.04. The summed E-state index contributed by atoms with van der Waals surface area (Å²) in [5, 5.41) is 0. The van der Waals surface area contributed by atoms with Crippen LogP contribution >= 0.6 is 0 Å². The minimum atomic E-state index is -3.88. The lowest BCUT2D eigenvalue weighted by molar-refractivity contribution is 0.589. The van der Waals surface area contributed by atoms with Crippen LogP contribution in [0.5, 0.6) is 0 Å². The van der Waals surface area contributed by atoms with Crippen LogP contribution in [0.4, 0.5) is 0 Å². The van der Waals surface area contributed by atoms with Crippen molar-refractivity contribution < 1.29 is 16.8 Å². The van der Waals surface area contributed by atoms with Gasteiger partial charge in [-0.1, -0.05) is 12.1 Å². The van der Waals surface area contributed by atoms with Crippen LogP contribution in [-0.4, -0.2) is 37.3 Å². The summed E-state index contributed by atoms with van der Waals surface area (Å²) >= 11 is 0. The Hall–Kier alpha value is -1.61. The fraction of sp³-hybridized carbons (Fsp3) is 0.222. The maximum absolute atomic E-state index is 11.9. The van der Waals surface area contributed by atoms with Crippen LogP contribution in [0.15, 0.2) is 29.1 Å². The van der Waals surface area contributed by atoms with Gasteiger partial charge < -0.3 is 0 Å². The van der Waals surface area contributed by atoms with Gasteiger partial charge in [0, 0.05) is 0 Å². The van der Waals surface area contributed by atoms with Crippen LogP contribution in [0.25, 0.3) is 11.0 Å². The number of nitrogens with zero attached hydrogens (tertiary/aromatic N) is 2. The third-order valence-corrected chi connectivity index (χ3v) is 4.36. The van der Waals surface area contributed by atoms with Crippen molar-refractivity contribution in [3.05, 3.63) is 34.7 Å². The summed E-state index contributed by atoms with van der Waals surface area (Å²) in [5.74, 6) is 0. The van der Waals surface area contributed by atoms with Gasteiger partial charge in [-0.2, -0.15) is 7.94 Å². The normalized spacial score (nSPS) is 13.0. The molecule has 0 aliphatic carbocycles. The number of hydrogen-bond donors (Lipinski definition) is 0. The van der Waals surface area contributed by atoms with Crippen molar-refractivity contribution in [1.29, 1.82) is 0 Å². The first-order valence-electron chi connectivity index (χ1n) is 4.77. The van der Waals surface area contributed by atoms with Crippen LogP contribution in [-0.2, 0) is 20.0 Å². The highest BCUT2D eigenvalue weighted by Crippen LogP contribution is 2.15. The molecule has 0 unspecified atom stereocenters. The second-order valence-electron chi connectivity index (χ2n) is 3.83. The summed E-state index contributed by atoms with van der Waals surface area (Å²) in [4.78, 5) is 11.9. The van der Waals surface area contributed by atoms with Gasteiger partial charge in [-0.05, 0) is 12.1 Å². The minimum absolute atomic E-state index is 0.0374. The van der Waals surface area contributed by atoms with Gasteiger partial charge in [0.05, 0.1) is 23.5 Å². The Morgan fingerprint density at radius 1 is 0.833 bits per heavy atom. The number of imidazole rings is 1. The Labute approximate surface area is 103 Å². The van der Waals surface area contributed by atoms with E-state index in [-0.39, 0.29) is 11.0 Å². The van der Waals surface area contributed by atoms with E-state index in [1.807, 2.05) is 0 Å². The fourth-order valence-electron chi connectivity index (χ4n) is 1.74. The number of fused-ring (bicyclic) bond motifs is 1. The zero-order chi connectivity index (χ0) is 13.7. The molecule has 1 heterocycles. The highest BCUT2D eigenvalue weighted by molar-refractivity contribution is 7.90. The van der Waals surface area contributed by atoms with Crippen LogP contribution in [0.1, 0.15) is 0 Å². The molecule has 0 atom stereocenters. The lowest BCUT2D eigenvalue weighted by Gasteiger charge is -1.97. The molecule has 2 rings (SSSR count). The summed E-state index contributed by atoms with van der Waals surface area (Å²) in [7, 11) is -7.76. The van der Waals surface area contributed by atoms with Crippen molar-refractivity contribution in [2.75, 3.05) is 12.5 Å². The molecule has 0 aliphatic heterocycles. The molecular weight excluding hydrogens is 280 g/mol. The molecule has 1 aromatic carbocycles. The first-order chi connectivity index (χ1) is 8.14. The van der Waals surface area contributed by atoms with E-state index in [9.17, 15) is 21.6 Å². The molecule has 0 spiro atoms. The average molecular weight is 290 g/mol. The Morgan fingerprint density at radius 2 is 1.17 bits per heavy atom. The molecule has 0 amide bonds. The number of para-hydroxylation sites is 2. The minimum Gasteiger partial charge on any atom is -0.245 e. The predicted octanol–water partition coefficient (Wildman–Crippen LogP) is -0.582. The first-order valence-corrected chi connectivity index (χ1v) is 8.47. The molecule has 0 fully saturated rings. The Balaban J connectivity index is 3.19. The number of aromatic nitrogens is 2. The summed E-state index contributed by atoms with van der Waals surface area (Å²) in [6, 6.07) is 5.80. The summed E-state index contributed by atoms with van der Waals surface area (Å²) < 4.78 is 47.2. The topological polar surface area (TPSA) is 95.2 Å². The molecule has 0 saturated carbocycles. The fourth-order valence-corrected chi connectivity index (χ4v) is 3.54. The smallest absolute Gasteiger partial charge is 0.245 e. The molecule has 2 aromatic rings. The lowest BCUT2D eigenvalue weighted by atomic mass is 10.3. The molecule has 7 nitrogen and oxygen atoms in total. The van der Waals surface area contributed by atoms with E-state index in [0.717, 1.165) is 12.5 Å². The molecule has 1 aromatic heterocycles. The molecule has 9 heteroatoms. The van der Waals surface area contributed by atoms with Gasteiger partial charge in [-0.3, -0.25) is 0 Å². The van der Waals surface area contributed by atoms with Crippen LogP contribution in [0.3, 0.4) is 0 Å². The first kappa shape index (κ1) is 12.8. The predicted molar refractivity (Wildman–Crippen MR) is 66.7 cm³/mol. The van der Waals surface area contributed by atoms with E-state index < -0.39 is 25.7 Å². The average Bonchev–Trinajstić information content (AvgIpc) is 2.47. The SMILES string of the molecule is CS(=O)(=O)n1c(=O)n(S(C)(=O)=O)c2ccccc21. The monoisotopic (exact) mass is 290 g/mol. The van der Waals surface area contributed by atoms with Crippen LogP contribution in [0, 0.1) is 0 Å². The van der Waals surface area contributed by atoms with E-state index in [2.05, 4.69) is 0 Å². The maximum Gasteiger partial charge on any atom is 0.356 e. The molecule has 0 N–H and O–H groups in total. The van der Waals surface area contributed by atoms with E-state index in [1.54, 1.807) is 0 Å². The largest absolute Gasteiger partial charge is 0.356 e. The quantitative estimate of drug-likeness (QED) is 0.737. The Morgan fingerprint density at radius 3 is 1.44 bits per heavy atom. The molecular formula is C9H10N2O5S2. The summed E-state index contributed by atoms with van der Waals surface area (Å²) in [6.45, 7) is 0. The van der Waals surface area contributed by atoms with Crippen molar-refractivity contribution in [1.82, 2.24) is 7.94 Å². The second-order valence-corrected chi connectivity index (χ2v) is 7.49. The number of benzene rings is 1. The lowest BCUT2D eigenvalue weighted by Crippen LogP contribution is -2.31. The van der Waals surface area contributed by atoms with Gasteiger partial charge in [0.25, 0.3) is 0 Å². The highest BCUT2D eigenvalue weighted by Gasteiger charge is 2.23. The third kappa shape index (κ3) is 1.85. The van der Waals surface area contributed by atoms with Gasteiger partial charge in [-0.25, -0.2) is 21.6 Å². The van der Waals surface area contributed by atoms with Crippen molar-refractivity contribution >= 4 is 31.1 Å². The Bertz CT molecular complexity index is 815. The molecule has 0 bridgehead atoms. The van der Waals surface area contributed by atoms with Crippen molar-refractivity contribution in [3.8, 4) is 0 Å². The van der Waals surface area contributed by atoms with Crippen molar-refractivity contribution in [2.45, 2.75) is 0 Å². The molecule has 98 valence electrons. The number of hydrogen-bond acceptors (Lipinski definition) is 5. The van der Waals surface area contributed by atoms with Gasteiger partial charge in [-0.15, -0.1) is 0 Å². The van der Waals surface area contributed by atoms with E-state index in [4.69, 9.17) is 0 Å². The van der Waals surface area contributed by atoms with Crippen LogP contribution < -0.4 is 5.69 Å². The van der Waals surface area contributed by atoms with Gasteiger partial charge >= 0.3 is 5.69 Å². The van der Waals surface area contributed by atoms with Crippen molar-refractivity contribution in [2.24, 2.45) is 0 Å². The standard InChI is InChI=1S/C9H10N2O5S2/c1-17(13,14)10-7-5-3-4-6-8(7)11(9(10)12)18(2,15)16/h3-6H,1-2H3. The third-order valence-electron chi connectivity index (χ3n) is 2.33.